The molecule has 0 spiro atoms. The first-order valence-electron chi connectivity index (χ1n) is 7.59. The van der Waals surface area contributed by atoms with Crippen LogP contribution in [0.2, 0.25) is 0 Å². The second-order valence-corrected chi connectivity index (χ2v) is 7.03. The lowest BCUT2D eigenvalue weighted by atomic mass is 9.90. The van der Waals surface area contributed by atoms with Crippen molar-refractivity contribution in [2.45, 2.75) is 51.3 Å². The van der Waals surface area contributed by atoms with E-state index in [4.69, 9.17) is 0 Å². The Hall–Kier alpha value is -1.80. The Morgan fingerprint density at radius 2 is 2.23 bits per heavy atom. The third-order valence-electron chi connectivity index (χ3n) is 4.06. The molecule has 8 nitrogen and oxygen atoms in total. The second kappa shape index (κ2) is 5.44. The molecule has 8 heteroatoms. The van der Waals surface area contributed by atoms with Gasteiger partial charge in [0.05, 0.1) is 23.6 Å². The van der Waals surface area contributed by atoms with E-state index in [1.165, 1.54) is 0 Å². The molecule has 1 aliphatic rings. The first-order valence-corrected chi connectivity index (χ1v) is 7.59. The third-order valence-corrected chi connectivity index (χ3v) is 4.06. The minimum atomic E-state index is -0.939. The molecule has 3 heterocycles. The summed E-state index contributed by atoms with van der Waals surface area (Å²) in [6.07, 6.45) is 5.19. The van der Waals surface area contributed by atoms with Gasteiger partial charge in [-0.2, -0.15) is 15.4 Å². The SMILES string of the molecule is CC(C)(C)n1cc(CN2CCCC(O)(c3cn[nH]n3)C2)nn1. The zero-order chi connectivity index (χ0) is 15.8. The highest BCUT2D eigenvalue weighted by Crippen LogP contribution is 2.30. The van der Waals surface area contributed by atoms with E-state index in [2.05, 4.69) is 51.4 Å². The predicted octanol–water partition coefficient (Wildman–Crippen LogP) is 0.635. The number of aliphatic hydroxyl groups is 1. The molecule has 0 aromatic carbocycles. The zero-order valence-corrected chi connectivity index (χ0v) is 13.3. The summed E-state index contributed by atoms with van der Waals surface area (Å²) in [6, 6.07) is 0. The lowest BCUT2D eigenvalue weighted by molar-refractivity contribution is -0.0417. The fourth-order valence-electron chi connectivity index (χ4n) is 2.82. The van der Waals surface area contributed by atoms with Crippen LogP contribution in [-0.4, -0.2) is 53.5 Å². The molecule has 2 aromatic heterocycles. The fraction of sp³-hybridized carbons (Fsp3) is 0.714. The maximum Gasteiger partial charge on any atom is 0.123 e. The van der Waals surface area contributed by atoms with Crippen molar-refractivity contribution in [2.24, 2.45) is 0 Å². The van der Waals surface area contributed by atoms with E-state index in [1.807, 2.05) is 10.9 Å². The summed E-state index contributed by atoms with van der Waals surface area (Å²) in [5.74, 6) is 0. The van der Waals surface area contributed by atoms with Gasteiger partial charge in [0, 0.05) is 13.1 Å². The van der Waals surface area contributed by atoms with E-state index in [9.17, 15) is 5.11 Å². The maximum atomic E-state index is 10.8. The zero-order valence-electron chi connectivity index (χ0n) is 13.3. The van der Waals surface area contributed by atoms with Crippen LogP contribution in [0.3, 0.4) is 0 Å². The molecule has 1 atom stereocenters. The standard InChI is InChI=1S/C14H23N7O/c1-13(2,3)21-9-11(16-19-21)8-20-6-4-5-14(22,10-20)12-7-15-18-17-12/h7,9,22H,4-6,8,10H2,1-3H3,(H,15,17,18). The number of nitrogens with zero attached hydrogens (tertiary/aromatic N) is 6. The van der Waals surface area contributed by atoms with Gasteiger partial charge in [0.1, 0.15) is 11.3 Å². The highest BCUT2D eigenvalue weighted by atomic mass is 16.3. The largest absolute Gasteiger partial charge is 0.382 e. The molecule has 2 aromatic rings. The van der Waals surface area contributed by atoms with E-state index >= 15 is 0 Å². The van der Waals surface area contributed by atoms with Crippen LogP contribution in [0.5, 0.6) is 0 Å². The Bertz CT molecular complexity index is 615. The third kappa shape index (κ3) is 3.02. The highest BCUT2D eigenvalue weighted by Gasteiger charge is 2.37. The summed E-state index contributed by atoms with van der Waals surface area (Å²) >= 11 is 0. The number of aromatic nitrogens is 6. The first-order chi connectivity index (χ1) is 10.4. The molecule has 0 bridgehead atoms. The van der Waals surface area contributed by atoms with Crippen LogP contribution in [0.15, 0.2) is 12.4 Å². The molecule has 22 heavy (non-hydrogen) atoms. The number of β-amino-alcohol motifs (C(OH)–C–C–N with tert-alkyl or cyclic N) is 1. The molecule has 1 fully saturated rings. The van der Waals surface area contributed by atoms with Crippen molar-refractivity contribution < 1.29 is 5.11 Å². The average molecular weight is 305 g/mol. The fourth-order valence-corrected chi connectivity index (χ4v) is 2.82. The quantitative estimate of drug-likeness (QED) is 0.864. The number of likely N-dealkylation sites (tertiary alicyclic amines) is 1. The van der Waals surface area contributed by atoms with Crippen molar-refractivity contribution in [3.8, 4) is 0 Å². The van der Waals surface area contributed by atoms with Gasteiger partial charge in [-0.3, -0.25) is 4.90 Å². The van der Waals surface area contributed by atoms with Gasteiger partial charge in [-0.05, 0) is 40.2 Å². The van der Waals surface area contributed by atoms with Gasteiger partial charge in [-0.1, -0.05) is 5.21 Å². The van der Waals surface area contributed by atoms with Crippen molar-refractivity contribution in [3.05, 3.63) is 23.8 Å². The number of hydrogen-bond acceptors (Lipinski definition) is 6. The topological polar surface area (TPSA) is 95.8 Å². The van der Waals surface area contributed by atoms with Crippen molar-refractivity contribution in [1.29, 1.82) is 0 Å². The summed E-state index contributed by atoms with van der Waals surface area (Å²) in [5.41, 5.74) is 0.509. The molecule has 0 saturated carbocycles. The van der Waals surface area contributed by atoms with Gasteiger partial charge < -0.3 is 5.11 Å². The molecule has 120 valence electrons. The van der Waals surface area contributed by atoms with Crippen LogP contribution >= 0.6 is 0 Å². The molecule has 2 N–H and O–H groups in total. The van der Waals surface area contributed by atoms with Crippen LogP contribution in [0, 0.1) is 0 Å². The van der Waals surface area contributed by atoms with Crippen molar-refractivity contribution >= 4 is 0 Å². The average Bonchev–Trinajstić information content (AvgIpc) is 3.09. The monoisotopic (exact) mass is 305 g/mol. The van der Waals surface area contributed by atoms with Gasteiger partial charge in [0.2, 0.25) is 0 Å². The molecule has 1 saturated heterocycles. The summed E-state index contributed by atoms with van der Waals surface area (Å²) in [4.78, 5) is 2.19. The lowest BCUT2D eigenvalue weighted by Crippen LogP contribution is -2.46. The highest BCUT2D eigenvalue weighted by molar-refractivity contribution is 5.09. The van der Waals surface area contributed by atoms with E-state index in [1.54, 1.807) is 6.20 Å². The number of aromatic amines is 1. The van der Waals surface area contributed by atoms with Gasteiger partial charge >= 0.3 is 0 Å². The number of hydrogen-bond donors (Lipinski definition) is 2. The summed E-state index contributed by atoms with van der Waals surface area (Å²) in [6.45, 7) is 8.42. The summed E-state index contributed by atoms with van der Waals surface area (Å²) < 4.78 is 1.87. The molecular formula is C14H23N7O. The molecule has 0 amide bonds. The second-order valence-electron chi connectivity index (χ2n) is 7.03. The predicted molar refractivity (Wildman–Crippen MR) is 79.8 cm³/mol. The first kappa shape index (κ1) is 15.1. The number of rotatable bonds is 3. The summed E-state index contributed by atoms with van der Waals surface area (Å²) in [7, 11) is 0. The van der Waals surface area contributed by atoms with Crippen LogP contribution in [0.25, 0.3) is 0 Å². The van der Waals surface area contributed by atoms with E-state index in [-0.39, 0.29) is 5.54 Å². The summed E-state index contributed by atoms with van der Waals surface area (Å²) in [5, 5.41) is 29.7. The van der Waals surface area contributed by atoms with Crippen LogP contribution in [0.1, 0.15) is 45.0 Å². The Balaban J connectivity index is 1.69. The van der Waals surface area contributed by atoms with Gasteiger partial charge in [-0.25, -0.2) is 4.68 Å². The molecular weight excluding hydrogens is 282 g/mol. The minimum Gasteiger partial charge on any atom is -0.382 e. The van der Waals surface area contributed by atoms with Crippen LogP contribution in [0.4, 0.5) is 0 Å². The lowest BCUT2D eigenvalue weighted by Gasteiger charge is -2.37. The Labute approximate surface area is 129 Å². The van der Waals surface area contributed by atoms with Gasteiger partial charge in [-0.15, -0.1) is 5.10 Å². The van der Waals surface area contributed by atoms with Crippen molar-refractivity contribution in [2.75, 3.05) is 13.1 Å². The normalized spacial score (nSPS) is 23.8. The van der Waals surface area contributed by atoms with E-state index < -0.39 is 5.60 Å². The molecule has 1 aliphatic heterocycles. The molecule has 1 unspecified atom stereocenters. The number of H-pyrrole nitrogens is 1. The van der Waals surface area contributed by atoms with E-state index in [0.717, 1.165) is 18.7 Å². The van der Waals surface area contributed by atoms with Crippen molar-refractivity contribution in [1.82, 2.24) is 35.3 Å². The number of piperidine rings is 1. The Morgan fingerprint density at radius 3 is 2.86 bits per heavy atom. The minimum absolute atomic E-state index is 0.0748. The van der Waals surface area contributed by atoms with Crippen LogP contribution in [-0.2, 0) is 17.7 Å². The van der Waals surface area contributed by atoms with Crippen LogP contribution < -0.4 is 0 Å². The maximum absolute atomic E-state index is 10.8. The van der Waals surface area contributed by atoms with Gasteiger partial charge in [0.15, 0.2) is 0 Å². The van der Waals surface area contributed by atoms with Gasteiger partial charge in [0.25, 0.3) is 0 Å². The Morgan fingerprint density at radius 1 is 1.41 bits per heavy atom. The molecule has 0 radical (unpaired) electrons. The Kier molecular flexibility index (Phi) is 3.73. The van der Waals surface area contributed by atoms with Crippen molar-refractivity contribution in [3.63, 3.8) is 0 Å². The number of nitrogens with one attached hydrogen (secondary N) is 1. The molecule has 0 aliphatic carbocycles. The van der Waals surface area contributed by atoms with E-state index in [0.29, 0.717) is 25.2 Å². The smallest absolute Gasteiger partial charge is 0.123 e. The molecule has 3 rings (SSSR count).